The van der Waals surface area contributed by atoms with E-state index in [0.29, 0.717) is 19.5 Å². The number of hydrogen-bond acceptors (Lipinski definition) is 3. The van der Waals surface area contributed by atoms with Crippen molar-refractivity contribution in [1.29, 1.82) is 0 Å². The van der Waals surface area contributed by atoms with Gasteiger partial charge in [0.15, 0.2) is 0 Å². The minimum absolute atomic E-state index is 0.0161. The maximum atomic E-state index is 12.2. The van der Waals surface area contributed by atoms with Crippen molar-refractivity contribution >= 4 is 11.8 Å². The first-order valence-electron chi connectivity index (χ1n) is 6.75. The first-order chi connectivity index (χ1) is 8.56. The van der Waals surface area contributed by atoms with Gasteiger partial charge >= 0.3 is 0 Å². The van der Waals surface area contributed by atoms with Crippen LogP contribution in [0.15, 0.2) is 0 Å². The lowest BCUT2D eigenvalue weighted by Crippen LogP contribution is -2.46. The van der Waals surface area contributed by atoms with Gasteiger partial charge in [0.2, 0.25) is 11.8 Å². The molecule has 5 nitrogen and oxygen atoms in total. The van der Waals surface area contributed by atoms with E-state index in [1.165, 1.54) is 0 Å². The number of carbonyl (C=O) groups excluding carboxylic acids is 2. The molecule has 0 heterocycles. The van der Waals surface area contributed by atoms with Gasteiger partial charge in [-0.3, -0.25) is 9.59 Å². The number of rotatable bonds is 9. The SMILES string of the molecule is CCCC(CN)(CCC)C(=O)NCCC(=O)NC. The lowest BCUT2D eigenvalue weighted by Gasteiger charge is -2.30. The topological polar surface area (TPSA) is 84.2 Å². The highest BCUT2D eigenvalue weighted by atomic mass is 16.2. The molecule has 0 aliphatic rings. The predicted octanol–water partition coefficient (Wildman–Crippen LogP) is 0.784. The van der Waals surface area contributed by atoms with Gasteiger partial charge in [-0.1, -0.05) is 26.7 Å². The Labute approximate surface area is 110 Å². The number of carbonyl (C=O) groups is 2. The Morgan fingerprint density at radius 2 is 1.72 bits per heavy atom. The van der Waals surface area contributed by atoms with Crippen molar-refractivity contribution in [2.24, 2.45) is 11.1 Å². The molecule has 0 saturated carbocycles. The number of hydrogen-bond donors (Lipinski definition) is 3. The number of nitrogens with one attached hydrogen (secondary N) is 2. The van der Waals surface area contributed by atoms with Crippen molar-refractivity contribution in [3.8, 4) is 0 Å². The van der Waals surface area contributed by atoms with Gasteiger partial charge in [0.25, 0.3) is 0 Å². The molecule has 0 atom stereocenters. The van der Waals surface area contributed by atoms with E-state index in [1.54, 1.807) is 7.05 Å². The molecule has 106 valence electrons. The van der Waals surface area contributed by atoms with Crippen molar-refractivity contribution in [3.63, 3.8) is 0 Å². The van der Waals surface area contributed by atoms with E-state index in [2.05, 4.69) is 24.5 Å². The van der Waals surface area contributed by atoms with Crippen LogP contribution < -0.4 is 16.4 Å². The monoisotopic (exact) mass is 257 g/mol. The van der Waals surface area contributed by atoms with E-state index in [9.17, 15) is 9.59 Å². The molecule has 0 spiro atoms. The maximum absolute atomic E-state index is 12.2. The summed E-state index contributed by atoms with van der Waals surface area (Å²) < 4.78 is 0. The molecule has 0 rings (SSSR count). The normalized spacial score (nSPS) is 11.1. The fourth-order valence-corrected chi connectivity index (χ4v) is 2.21. The largest absolute Gasteiger partial charge is 0.359 e. The zero-order valence-corrected chi connectivity index (χ0v) is 11.8. The Morgan fingerprint density at radius 3 is 2.11 bits per heavy atom. The summed E-state index contributed by atoms with van der Waals surface area (Å²) in [5, 5.41) is 5.36. The lowest BCUT2D eigenvalue weighted by atomic mass is 9.78. The van der Waals surface area contributed by atoms with E-state index >= 15 is 0 Å². The van der Waals surface area contributed by atoms with Crippen LogP contribution in [0.2, 0.25) is 0 Å². The van der Waals surface area contributed by atoms with Crippen molar-refractivity contribution in [2.45, 2.75) is 46.0 Å². The van der Waals surface area contributed by atoms with E-state index in [0.717, 1.165) is 25.7 Å². The van der Waals surface area contributed by atoms with Gasteiger partial charge in [0.05, 0.1) is 5.41 Å². The fourth-order valence-electron chi connectivity index (χ4n) is 2.21. The Morgan fingerprint density at radius 1 is 1.17 bits per heavy atom. The molecule has 0 aliphatic heterocycles. The molecule has 2 amide bonds. The Balaban J connectivity index is 4.41. The quantitative estimate of drug-likeness (QED) is 0.571. The summed E-state index contributed by atoms with van der Waals surface area (Å²) in [6.07, 6.45) is 3.76. The van der Waals surface area contributed by atoms with Gasteiger partial charge in [0, 0.05) is 26.6 Å². The molecule has 0 saturated heterocycles. The minimum Gasteiger partial charge on any atom is -0.359 e. The van der Waals surface area contributed by atoms with Gasteiger partial charge in [-0.2, -0.15) is 0 Å². The Kier molecular flexibility index (Phi) is 8.37. The van der Waals surface area contributed by atoms with Crippen LogP contribution in [-0.2, 0) is 9.59 Å². The van der Waals surface area contributed by atoms with Gasteiger partial charge in [0.1, 0.15) is 0 Å². The van der Waals surface area contributed by atoms with Gasteiger partial charge in [-0.25, -0.2) is 0 Å². The van der Waals surface area contributed by atoms with Crippen LogP contribution in [0.5, 0.6) is 0 Å². The molecule has 4 N–H and O–H groups in total. The Hall–Kier alpha value is -1.10. The lowest BCUT2D eigenvalue weighted by molar-refractivity contribution is -0.131. The minimum atomic E-state index is -0.466. The van der Waals surface area contributed by atoms with Crippen molar-refractivity contribution < 1.29 is 9.59 Å². The van der Waals surface area contributed by atoms with Crippen LogP contribution in [0.1, 0.15) is 46.0 Å². The third-order valence-corrected chi connectivity index (χ3v) is 3.25. The molecule has 5 heteroatoms. The van der Waals surface area contributed by atoms with E-state index in [1.807, 2.05) is 0 Å². The molecule has 0 aromatic carbocycles. The zero-order chi connectivity index (χ0) is 14.0. The molecule has 0 aromatic rings. The molecular weight excluding hydrogens is 230 g/mol. The molecule has 18 heavy (non-hydrogen) atoms. The number of nitrogens with two attached hydrogens (primary N) is 1. The summed E-state index contributed by atoms with van der Waals surface area (Å²) in [6, 6.07) is 0. The molecule has 0 aromatic heterocycles. The van der Waals surface area contributed by atoms with Crippen LogP contribution in [0.25, 0.3) is 0 Å². The Bertz CT molecular complexity index is 261. The highest BCUT2D eigenvalue weighted by Crippen LogP contribution is 2.28. The van der Waals surface area contributed by atoms with E-state index in [-0.39, 0.29) is 11.8 Å². The second-order valence-electron chi connectivity index (χ2n) is 4.66. The first-order valence-corrected chi connectivity index (χ1v) is 6.75. The van der Waals surface area contributed by atoms with Crippen LogP contribution in [0.3, 0.4) is 0 Å². The highest BCUT2D eigenvalue weighted by Gasteiger charge is 2.34. The smallest absolute Gasteiger partial charge is 0.227 e. The molecule has 0 fully saturated rings. The molecule has 0 unspecified atom stereocenters. The standard InChI is InChI=1S/C13H27N3O2/c1-4-7-13(10-14,8-5-2)12(18)16-9-6-11(17)15-3/h4-10,14H2,1-3H3,(H,15,17)(H,16,18). The summed E-state index contributed by atoms with van der Waals surface area (Å²) in [6.45, 7) is 4.84. The predicted molar refractivity (Wildman–Crippen MR) is 73.0 cm³/mol. The third kappa shape index (κ3) is 5.04. The van der Waals surface area contributed by atoms with Crippen molar-refractivity contribution in [3.05, 3.63) is 0 Å². The summed E-state index contributed by atoms with van der Waals surface area (Å²) in [7, 11) is 1.59. The zero-order valence-electron chi connectivity index (χ0n) is 11.8. The van der Waals surface area contributed by atoms with Crippen LogP contribution >= 0.6 is 0 Å². The maximum Gasteiger partial charge on any atom is 0.227 e. The highest BCUT2D eigenvalue weighted by molar-refractivity contribution is 5.83. The third-order valence-electron chi connectivity index (χ3n) is 3.25. The summed E-state index contributed by atoms with van der Waals surface area (Å²) in [5.74, 6) is -0.0859. The van der Waals surface area contributed by atoms with E-state index in [4.69, 9.17) is 5.73 Å². The van der Waals surface area contributed by atoms with Crippen LogP contribution in [-0.4, -0.2) is 32.0 Å². The van der Waals surface area contributed by atoms with Crippen LogP contribution in [0.4, 0.5) is 0 Å². The molecular formula is C13H27N3O2. The molecule has 0 bridgehead atoms. The summed E-state index contributed by atoms with van der Waals surface area (Å²) in [4.78, 5) is 23.3. The molecule has 0 radical (unpaired) electrons. The van der Waals surface area contributed by atoms with Gasteiger partial charge in [-0.05, 0) is 12.8 Å². The average Bonchev–Trinajstić information content (AvgIpc) is 2.37. The first kappa shape index (κ1) is 16.9. The second kappa shape index (κ2) is 8.91. The van der Waals surface area contributed by atoms with Crippen LogP contribution in [0, 0.1) is 5.41 Å². The summed E-state index contributed by atoms with van der Waals surface area (Å²) >= 11 is 0. The summed E-state index contributed by atoms with van der Waals surface area (Å²) in [5.41, 5.74) is 5.33. The number of amides is 2. The van der Waals surface area contributed by atoms with E-state index < -0.39 is 5.41 Å². The van der Waals surface area contributed by atoms with Crippen molar-refractivity contribution in [2.75, 3.05) is 20.1 Å². The molecule has 0 aliphatic carbocycles. The van der Waals surface area contributed by atoms with Gasteiger partial charge in [-0.15, -0.1) is 0 Å². The van der Waals surface area contributed by atoms with Gasteiger partial charge < -0.3 is 16.4 Å². The van der Waals surface area contributed by atoms with Crippen molar-refractivity contribution in [1.82, 2.24) is 10.6 Å². The average molecular weight is 257 g/mol. The second-order valence-corrected chi connectivity index (χ2v) is 4.66. The fraction of sp³-hybridized carbons (Fsp3) is 0.846.